The number of benzene rings is 3. The van der Waals surface area contributed by atoms with Crippen LogP contribution in [0.3, 0.4) is 0 Å². The molecule has 164 valence electrons. The molecule has 1 aliphatic rings. The van der Waals surface area contributed by atoms with Crippen molar-refractivity contribution in [2.45, 2.75) is 24.2 Å². The average Bonchev–Trinajstić information content (AvgIpc) is 2.84. The third-order valence-corrected chi connectivity index (χ3v) is 7.93. The standard InChI is InChI=1S/C25H25N3O3S/c26-18-19-8-10-23(11-9-19)32(30,31)28-16-13-22(14-17-28)25(29)27-15-12-21-6-3-5-20-4-1-2-7-24(20)21/h1-11,22H,12-17H2,(H,27,29). The van der Waals surface area contributed by atoms with Gasteiger partial charge < -0.3 is 5.32 Å². The van der Waals surface area contributed by atoms with Gasteiger partial charge in [-0.25, -0.2) is 8.42 Å². The molecule has 1 N–H and O–H groups in total. The lowest BCUT2D eigenvalue weighted by molar-refractivity contribution is -0.126. The van der Waals surface area contributed by atoms with Gasteiger partial charge in [0, 0.05) is 25.6 Å². The number of sulfonamides is 1. The molecule has 0 radical (unpaired) electrons. The van der Waals surface area contributed by atoms with Crippen molar-refractivity contribution in [3.8, 4) is 6.07 Å². The van der Waals surface area contributed by atoms with Crippen LogP contribution in [0.2, 0.25) is 0 Å². The fraction of sp³-hybridized carbons (Fsp3) is 0.280. The molecule has 6 nitrogen and oxygen atoms in total. The minimum atomic E-state index is -3.62. The summed E-state index contributed by atoms with van der Waals surface area (Å²) in [6, 6.07) is 22.3. The van der Waals surface area contributed by atoms with E-state index in [0.29, 0.717) is 38.0 Å². The number of nitriles is 1. The number of carbonyl (C=O) groups is 1. The summed E-state index contributed by atoms with van der Waals surface area (Å²) in [6.45, 7) is 1.17. The Bertz CT molecular complexity index is 1250. The van der Waals surface area contributed by atoms with Crippen LogP contribution in [0.15, 0.2) is 71.6 Å². The van der Waals surface area contributed by atoms with E-state index in [1.54, 1.807) is 0 Å². The summed E-state index contributed by atoms with van der Waals surface area (Å²) in [6.07, 6.45) is 1.74. The Morgan fingerprint density at radius 2 is 1.69 bits per heavy atom. The molecule has 0 unspecified atom stereocenters. The highest BCUT2D eigenvalue weighted by molar-refractivity contribution is 7.89. The second-order valence-corrected chi connectivity index (χ2v) is 9.93. The van der Waals surface area contributed by atoms with Crippen molar-refractivity contribution in [2.75, 3.05) is 19.6 Å². The van der Waals surface area contributed by atoms with Gasteiger partial charge in [-0.15, -0.1) is 0 Å². The molecule has 7 heteroatoms. The summed E-state index contributed by atoms with van der Waals surface area (Å²) in [4.78, 5) is 12.8. The molecule has 0 aliphatic carbocycles. The number of amides is 1. The number of piperidine rings is 1. The predicted octanol–water partition coefficient (Wildman–Crippen LogP) is 3.47. The first kappa shape index (κ1) is 22.0. The largest absolute Gasteiger partial charge is 0.356 e. The van der Waals surface area contributed by atoms with E-state index in [9.17, 15) is 13.2 Å². The van der Waals surface area contributed by atoms with Crippen LogP contribution in [0, 0.1) is 17.2 Å². The number of hydrogen-bond donors (Lipinski definition) is 1. The highest BCUT2D eigenvalue weighted by atomic mass is 32.2. The fourth-order valence-corrected chi connectivity index (χ4v) is 5.65. The minimum Gasteiger partial charge on any atom is -0.356 e. The van der Waals surface area contributed by atoms with Gasteiger partial charge in [0.1, 0.15) is 0 Å². The van der Waals surface area contributed by atoms with Crippen molar-refractivity contribution in [2.24, 2.45) is 5.92 Å². The molecule has 1 amide bonds. The molecule has 0 atom stereocenters. The zero-order valence-corrected chi connectivity index (χ0v) is 18.5. The van der Waals surface area contributed by atoms with E-state index in [2.05, 4.69) is 29.6 Å². The monoisotopic (exact) mass is 447 g/mol. The number of hydrogen-bond acceptors (Lipinski definition) is 4. The van der Waals surface area contributed by atoms with Crippen molar-refractivity contribution < 1.29 is 13.2 Å². The lowest BCUT2D eigenvalue weighted by Crippen LogP contribution is -2.43. The third-order valence-electron chi connectivity index (χ3n) is 6.02. The van der Waals surface area contributed by atoms with Gasteiger partial charge >= 0.3 is 0 Å². The molecule has 3 aromatic rings. The van der Waals surface area contributed by atoms with Gasteiger partial charge in [-0.3, -0.25) is 4.79 Å². The van der Waals surface area contributed by atoms with Gasteiger partial charge in [0.05, 0.1) is 16.5 Å². The molecule has 0 aromatic heterocycles. The molecule has 0 bridgehead atoms. The minimum absolute atomic E-state index is 0.0133. The maximum absolute atomic E-state index is 12.8. The SMILES string of the molecule is N#Cc1ccc(S(=O)(=O)N2CCC(C(=O)NCCc3cccc4ccccc34)CC2)cc1. The molecule has 4 rings (SSSR count). The lowest BCUT2D eigenvalue weighted by atomic mass is 9.97. The van der Waals surface area contributed by atoms with Gasteiger partial charge in [-0.1, -0.05) is 42.5 Å². The normalized spacial score (nSPS) is 15.3. The van der Waals surface area contributed by atoms with Crippen LogP contribution in [0.5, 0.6) is 0 Å². The van der Waals surface area contributed by atoms with E-state index >= 15 is 0 Å². The Morgan fingerprint density at radius 1 is 1.00 bits per heavy atom. The molecular weight excluding hydrogens is 422 g/mol. The molecule has 1 fully saturated rings. The van der Waals surface area contributed by atoms with E-state index in [-0.39, 0.29) is 16.7 Å². The highest BCUT2D eigenvalue weighted by Gasteiger charge is 2.32. The van der Waals surface area contributed by atoms with Crippen LogP contribution < -0.4 is 5.32 Å². The molecule has 1 saturated heterocycles. The number of rotatable bonds is 6. The van der Waals surface area contributed by atoms with Crippen LogP contribution >= 0.6 is 0 Å². The van der Waals surface area contributed by atoms with Crippen molar-refractivity contribution >= 4 is 26.7 Å². The molecule has 1 aliphatic heterocycles. The Balaban J connectivity index is 1.30. The Morgan fingerprint density at radius 3 is 2.41 bits per heavy atom. The molecule has 3 aromatic carbocycles. The maximum Gasteiger partial charge on any atom is 0.243 e. The van der Waals surface area contributed by atoms with Crippen LogP contribution in [-0.2, 0) is 21.2 Å². The Hall–Kier alpha value is -3.21. The Labute approximate surface area is 188 Å². The smallest absolute Gasteiger partial charge is 0.243 e. The van der Waals surface area contributed by atoms with E-state index in [1.807, 2.05) is 24.3 Å². The summed E-state index contributed by atoms with van der Waals surface area (Å²) in [5.41, 5.74) is 1.62. The van der Waals surface area contributed by atoms with Crippen molar-refractivity contribution in [3.63, 3.8) is 0 Å². The fourth-order valence-electron chi connectivity index (χ4n) is 4.18. The van der Waals surface area contributed by atoms with Crippen molar-refractivity contribution in [1.29, 1.82) is 5.26 Å². The highest BCUT2D eigenvalue weighted by Crippen LogP contribution is 2.24. The quantitative estimate of drug-likeness (QED) is 0.626. The maximum atomic E-state index is 12.8. The predicted molar refractivity (Wildman–Crippen MR) is 123 cm³/mol. The van der Waals surface area contributed by atoms with Crippen LogP contribution in [0.25, 0.3) is 10.8 Å². The van der Waals surface area contributed by atoms with Gasteiger partial charge in [0.25, 0.3) is 0 Å². The summed E-state index contributed by atoms with van der Waals surface area (Å²) in [5, 5.41) is 14.3. The van der Waals surface area contributed by atoms with E-state index < -0.39 is 10.0 Å². The van der Waals surface area contributed by atoms with Crippen LogP contribution in [0.1, 0.15) is 24.0 Å². The second-order valence-electron chi connectivity index (χ2n) is 7.99. The van der Waals surface area contributed by atoms with Gasteiger partial charge in [0.2, 0.25) is 15.9 Å². The van der Waals surface area contributed by atoms with Gasteiger partial charge in [-0.2, -0.15) is 9.57 Å². The summed E-state index contributed by atoms with van der Waals surface area (Å²) in [7, 11) is -3.62. The number of nitrogens with one attached hydrogen (secondary N) is 1. The third kappa shape index (κ3) is 4.67. The van der Waals surface area contributed by atoms with Gasteiger partial charge in [-0.05, 0) is 59.9 Å². The zero-order chi connectivity index (χ0) is 22.6. The van der Waals surface area contributed by atoms with E-state index in [4.69, 9.17) is 5.26 Å². The van der Waals surface area contributed by atoms with Crippen molar-refractivity contribution in [1.82, 2.24) is 9.62 Å². The first-order valence-electron chi connectivity index (χ1n) is 10.7. The van der Waals surface area contributed by atoms with E-state index in [0.717, 1.165) is 6.42 Å². The first-order chi connectivity index (χ1) is 15.5. The average molecular weight is 448 g/mol. The number of nitrogens with zero attached hydrogens (tertiary/aromatic N) is 2. The first-order valence-corrected chi connectivity index (χ1v) is 12.2. The number of carbonyl (C=O) groups excluding carboxylic acids is 1. The van der Waals surface area contributed by atoms with Gasteiger partial charge in [0.15, 0.2) is 0 Å². The molecular formula is C25H25N3O3S. The molecule has 1 heterocycles. The lowest BCUT2D eigenvalue weighted by Gasteiger charge is -2.30. The molecule has 0 saturated carbocycles. The molecule has 32 heavy (non-hydrogen) atoms. The summed E-state index contributed by atoms with van der Waals surface area (Å²) >= 11 is 0. The summed E-state index contributed by atoms with van der Waals surface area (Å²) < 4.78 is 27.1. The van der Waals surface area contributed by atoms with Crippen molar-refractivity contribution in [3.05, 3.63) is 77.9 Å². The summed E-state index contributed by atoms with van der Waals surface area (Å²) in [5.74, 6) is -0.199. The van der Waals surface area contributed by atoms with E-state index in [1.165, 1.54) is 44.9 Å². The van der Waals surface area contributed by atoms with Crippen LogP contribution in [-0.4, -0.2) is 38.3 Å². The second kappa shape index (κ2) is 9.51. The zero-order valence-electron chi connectivity index (χ0n) is 17.7. The topological polar surface area (TPSA) is 90.3 Å². The molecule has 0 spiro atoms. The Kier molecular flexibility index (Phi) is 6.54. The number of fused-ring (bicyclic) bond motifs is 1. The van der Waals surface area contributed by atoms with Crippen LogP contribution in [0.4, 0.5) is 0 Å².